The van der Waals surface area contributed by atoms with Crippen molar-refractivity contribution in [2.24, 2.45) is 0 Å². The normalized spacial score (nSPS) is 20.0. The van der Waals surface area contributed by atoms with Crippen LogP contribution >= 0.6 is 11.9 Å². The molecule has 134 valence electrons. The lowest BCUT2D eigenvalue weighted by Gasteiger charge is -2.32. The van der Waals surface area contributed by atoms with Gasteiger partial charge in [-0.05, 0) is 66.5 Å². The molecule has 0 amide bonds. The molecule has 1 saturated heterocycles. The molecule has 1 aliphatic rings. The summed E-state index contributed by atoms with van der Waals surface area (Å²) < 4.78 is 41.6. The topological polar surface area (TPSA) is 43.4 Å². The molecule has 0 bridgehead atoms. The number of alkyl halides is 2. The van der Waals surface area contributed by atoms with E-state index < -0.39 is 24.7 Å². The molecule has 0 spiro atoms. The molecule has 1 fully saturated rings. The summed E-state index contributed by atoms with van der Waals surface area (Å²) in [6.45, 7) is 13.7. The van der Waals surface area contributed by atoms with E-state index in [0.717, 1.165) is 11.9 Å². The Labute approximate surface area is 147 Å². The van der Waals surface area contributed by atoms with Gasteiger partial charge in [0.2, 0.25) is 0 Å². The summed E-state index contributed by atoms with van der Waals surface area (Å²) >= 11 is 1.15. The van der Waals surface area contributed by atoms with Crippen molar-refractivity contribution in [2.45, 2.75) is 76.5 Å². The highest BCUT2D eigenvalue weighted by Crippen LogP contribution is 2.37. The molecule has 0 atom stereocenters. The third-order valence-electron chi connectivity index (χ3n) is 4.10. The number of nitrogens with zero attached hydrogens (tertiary/aromatic N) is 1. The van der Waals surface area contributed by atoms with E-state index in [1.807, 2.05) is 48.5 Å². The molecule has 0 aromatic carbocycles. The van der Waals surface area contributed by atoms with Crippen molar-refractivity contribution in [3.05, 3.63) is 18.0 Å². The minimum absolute atomic E-state index is 0.218. The molecule has 0 saturated carbocycles. The number of halogens is 2. The maximum Gasteiger partial charge on any atom is 0.496 e. The Hall–Kier alpha value is -0.695. The van der Waals surface area contributed by atoms with Gasteiger partial charge in [-0.2, -0.15) is 0 Å². The van der Waals surface area contributed by atoms with Gasteiger partial charge in [-0.25, -0.2) is 8.78 Å². The number of aromatic nitrogens is 1. The van der Waals surface area contributed by atoms with Crippen LogP contribution in [0.2, 0.25) is 0 Å². The van der Waals surface area contributed by atoms with Gasteiger partial charge in [0.05, 0.1) is 11.2 Å². The Bertz CT molecular complexity index is 590. The number of hydrogen-bond acceptors (Lipinski definition) is 5. The number of pyridine rings is 1. The van der Waals surface area contributed by atoms with Gasteiger partial charge < -0.3 is 9.31 Å². The average Bonchev–Trinajstić information content (AvgIpc) is 2.64. The minimum Gasteiger partial charge on any atom is -0.399 e. The van der Waals surface area contributed by atoms with Gasteiger partial charge in [0.15, 0.2) is 0 Å². The highest BCUT2D eigenvalue weighted by molar-refractivity contribution is 7.97. The molecule has 2 heterocycles. The van der Waals surface area contributed by atoms with Crippen molar-refractivity contribution in [1.82, 2.24) is 9.71 Å². The molecular formula is C16H25BF2N2O2S. The van der Waals surface area contributed by atoms with E-state index in [9.17, 15) is 8.78 Å². The average molecular weight is 358 g/mol. The third kappa shape index (κ3) is 4.28. The van der Waals surface area contributed by atoms with Crippen molar-refractivity contribution < 1.29 is 18.1 Å². The smallest absolute Gasteiger partial charge is 0.399 e. The Morgan fingerprint density at radius 1 is 1.17 bits per heavy atom. The first-order valence-electron chi connectivity index (χ1n) is 7.90. The fraction of sp³-hybridized carbons (Fsp3) is 0.688. The second kappa shape index (κ2) is 6.55. The summed E-state index contributed by atoms with van der Waals surface area (Å²) in [5.74, 6) is 0. The number of hydrogen-bond donors (Lipinski definition) is 1. The lowest BCUT2D eigenvalue weighted by atomic mass is 9.80. The molecule has 24 heavy (non-hydrogen) atoms. The van der Waals surface area contributed by atoms with Crippen molar-refractivity contribution >= 4 is 24.5 Å². The predicted octanol–water partition coefficient (Wildman–Crippen LogP) is 3.71. The number of nitrogens with one attached hydrogen (secondary N) is 1. The molecule has 1 aliphatic heterocycles. The molecule has 0 aliphatic carbocycles. The van der Waals surface area contributed by atoms with Crippen LogP contribution < -0.4 is 10.2 Å². The van der Waals surface area contributed by atoms with Gasteiger partial charge in [0, 0.05) is 22.1 Å². The first-order chi connectivity index (χ1) is 10.8. The predicted molar refractivity (Wildman–Crippen MR) is 93.7 cm³/mol. The Kier molecular flexibility index (Phi) is 5.36. The van der Waals surface area contributed by atoms with Gasteiger partial charge >= 0.3 is 7.12 Å². The Morgan fingerprint density at radius 2 is 1.71 bits per heavy atom. The first-order valence-corrected chi connectivity index (χ1v) is 8.72. The quantitative estimate of drug-likeness (QED) is 0.657. The highest BCUT2D eigenvalue weighted by Gasteiger charge is 2.52. The van der Waals surface area contributed by atoms with E-state index in [2.05, 4.69) is 9.71 Å². The van der Waals surface area contributed by atoms with Crippen LogP contribution in [0.1, 0.15) is 60.6 Å². The van der Waals surface area contributed by atoms with Crippen molar-refractivity contribution in [3.63, 3.8) is 0 Å². The van der Waals surface area contributed by atoms with Crippen LogP contribution in [0.15, 0.2) is 17.2 Å². The standard InChI is InChI=1S/C16H25BF2N2O2S/c1-14(2,3)21-24-11-8-10(9-20-12(11)13(18)19)17-22-15(4,5)16(6,7)23-17/h8-9,13,21H,1-7H3. The van der Waals surface area contributed by atoms with E-state index in [1.54, 1.807) is 6.07 Å². The minimum atomic E-state index is -2.64. The zero-order valence-electron chi connectivity index (χ0n) is 15.2. The molecule has 1 N–H and O–H groups in total. The van der Waals surface area contributed by atoms with Gasteiger partial charge in [-0.15, -0.1) is 0 Å². The van der Waals surface area contributed by atoms with E-state index in [-0.39, 0.29) is 11.2 Å². The van der Waals surface area contributed by atoms with Gasteiger partial charge in [0.25, 0.3) is 6.43 Å². The second-order valence-corrected chi connectivity index (χ2v) is 8.84. The fourth-order valence-corrected chi connectivity index (χ4v) is 2.89. The summed E-state index contributed by atoms with van der Waals surface area (Å²) in [6.07, 6.45) is -1.23. The van der Waals surface area contributed by atoms with E-state index in [4.69, 9.17) is 9.31 Å². The molecule has 4 nitrogen and oxygen atoms in total. The second-order valence-electron chi connectivity index (χ2n) is 8.00. The molecule has 8 heteroatoms. The van der Waals surface area contributed by atoms with Crippen molar-refractivity contribution in [1.29, 1.82) is 0 Å². The summed E-state index contributed by atoms with van der Waals surface area (Å²) in [4.78, 5) is 4.33. The van der Waals surface area contributed by atoms with E-state index in [1.165, 1.54) is 6.20 Å². The molecule has 2 rings (SSSR count). The zero-order valence-corrected chi connectivity index (χ0v) is 16.1. The highest BCUT2D eigenvalue weighted by atomic mass is 32.2. The summed E-state index contributed by atoms with van der Waals surface area (Å²) in [6, 6.07) is 1.67. The van der Waals surface area contributed by atoms with Gasteiger partial charge in [-0.1, -0.05) is 0 Å². The van der Waals surface area contributed by atoms with Crippen molar-refractivity contribution in [3.8, 4) is 0 Å². The maximum absolute atomic E-state index is 13.2. The first kappa shape index (κ1) is 19.6. The van der Waals surface area contributed by atoms with E-state index in [0.29, 0.717) is 10.4 Å². The Balaban J connectivity index is 2.30. The molecule has 1 aromatic heterocycles. The summed E-state index contributed by atoms with van der Waals surface area (Å²) in [5, 5.41) is 0. The Morgan fingerprint density at radius 3 is 2.17 bits per heavy atom. The zero-order chi connectivity index (χ0) is 18.3. The van der Waals surface area contributed by atoms with E-state index >= 15 is 0 Å². The maximum atomic E-state index is 13.2. The van der Waals surface area contributed by atoms with Crippen LogP contribution in [0.25, 0.3) is 0 Å². The van der Waals surface area contributed by atoms with Crippen molar-refractivity contribution in [2.75, 3.05) is 0 Å². The van der Waals surface area contributed by atoms with Crippen LogP contribution in [-0.2, 0) is 9.31 Å². The molecule has 0 unspecified atom stereocenters. The lowest BCUT2D eigenvalue weighted by molar-refractivity contribution is 0.00578. The summed E-state index contributed by atoms with van der Waals surface area (Å²) in [5.41, 5.74) is -0.801. The van der Waals surface area contributed by atoms with Gasteiger partial charge in [-0.3, -0.25) is 9.71 Å². The SMILES string of the molecule is CC(C)(C)NSc1cc(B2OC(C)(C)C(C)(C)O2)cnc1C(F)F. The van der Waals surface area contributed by atoms with Crippen LogP contribution in [0.5, 0.6) is 0 Å². The fourth-order valence-electron chi connectivity index (χ4n) is 2.03. The van der Waals surface area contributed by atoms with Crippen LogP contribution in [0, 0.1) is 0 Å². The third-order valence-corrected chi connectivity index (χ3v) is 5.36. The van der Waals surface area contributed by atoms with Crippen LogP contribution in [0.4, 0.5) is 8.78 Å². The molecule has 0 radical (unpaired) electrons. The molecular weight excluding hydrogens is 333 g/mol. The van der Waals surface area contributed by atoms with Gasteiger partial charge in [0.1, 0.15) is 5.69 Å². The summed E-state index contributed by atoms with van der Waals surface area (Å²) in [7, 11) is -0.622. The molecule has 1 aromatic rings. The largest absolute Gasteiger partial charge is 0.496 e. The van der Waals surface area contributed by atoms with Crippen LogP contribution in [-0.4, -0.2) is 28.8 Å². The lowest BCUT2D eigenvalue weighted by Crippen LogP contribution is -2.41. The van der Waals surface area contributed by atoms with Crippen LogP contribution in [0.3, 0.4) is 0 Å². The number of rotatable bonds is 4. The monoisotopic (exact) mass is 358 g/mol.